The summed E-state index contributed by atoms with van der Waals surface area (Å²) in [6.45, 7) is -0.481. The third-order valence-corrected chi connectivity index (χ3v) is 3.21. The Labute approximate surface area is 81.3 Å². The van der Waals surface area contributed by atoms with E-state index < -0.39 is 30.3 Å². The minimum Gasteiger partial charge on any atom is -0.481 e. The third-order valence-electron chi connectivity index (χ3n) is 3.21. The maximum absolute atomic E-state index is 12.8. The van der Waals surface area contributed by atoms with Crippen molar-refractivity contribution in [3.8, 4) is 0 Å². The van der Waals surface area contributed by atoms with Crippen LogP contribution >= 0.6 is 0 Å². The Morgan fingerprint density at radius 1 is 1.50 bits per heavy atom. The molecule has 0 aromatic carbocycles. The number of aliphatic carboxylic acids is 1. The molecular formula is C9H15F2NO2. The Balaban J connectivity index is 2.93. The maximum atomic E-state index is 12.8. The normalized spacial score (nSPS) is 22.6. The first kappa shape index (κ1) is 11.4. The number of alkyl halides is 2. The number of carbonyl (C=O) groups is 1. The van der Waals surface area contributed by atoms with E-state index in [9.17, 15) is 13.6 Å². The predicted octanol–water partition coefficient (Wildman–Crippen LogP) is 1.47. The van der Waals surface area contributed by atoms with Crippen molar-refractivity contribution in [2.24, 2.45) is 17.1 Å². The van der Waals surface area contributed by atoms with E-state index in [-0.39, 0.29) is 0 Å². The highest BCUT2D eigenvalue weighted by Gasteiger charge is 2.53. The van der Waals surface area contributed by atoms with Gasteiger partial charge in [-0.1, -0.05) is 12.8 Å². The van der Waals surface area contributed by atoms with Crippen LogP contribution in [0.5, 0.6) is 0 Å². The lowest BCUT2D eigenvalue weighted by atomic mass is 9.74. The number of carboxylic acid groups (broad SMARTS) is 1. The molecule has 1 aliphatic carbocycles. The first-order chi connectivity index (χ1) is 6.55. The van der Waals surface area contributed by atoms with Gasteiger partial charge >= 0.3 is 5.97 Å². The molecule has 1 unspecified atom stereocenters. The van der Waals surface area contributed by atoms with Gasteiger partial charge < -0.3 is 10.8 Å². The van der Waals surface area contributed by atoms with Gasteiger partial charge in [0, 0.05) is 6.54 Å². The van der Waals surface area contributed by atoms with Crippen LogP contribution in [0.25, 0.3) is 0 Å². The van der Waals surface area contributed by atoms with Gasteiger partial charge in [0.05, 0.1) is 0 Å². The molecule has 0 amide bonds. The zero-order valence-electron chi connectivity index (χ0n) is 7.88. The van der Waals surface area contributed by atoms with Crippen LogP contribution in [0.4, 0.5) is 8.78 Å². The van der Waals surface area contributed by atoms with Gasteiger partial charge in [-0.3, -0.25) is 4.79 Å². The molecule has 1 atom stereocenters. The molecule has 82 valence electrons. The molecule has 1 aliphatic rings. The number of nitrogens with two attached hydrogens (primary N) is 1. The van der Waals surface area contributed by atoms with Crippen LogP contribution < -0.4 is 5.73 Å². The lowest BCUT2D eigenvalue weighted by Gasteiger charge is -2.32. The average Bonchev–Trinajstić information content (AvgIpc) is 2.58. The minimum atomic E-state index is -2.88. The number of hydrogen-bond donors (Lipinski definition) is 2. The van der Waals surface area contributed by atoms with E-state index in [2.05, 4.69) is 0 Å². The molecule has 3 N–H and O–H groups in total. The standard InChI is InChI=1S/C9H15F2NO2/c10-7(11)9(5-12,8(13)14)6-3-1-2-4-6/h6-7H,1-5,12H2,(H,13,14). The Kier molecular flexibility index (Phi) is 3.42. The van der Waals surface area contributed by atoms with E-state index in [1.165, 1.54) is 0 Å². The molecule has 0 aromatic rings. The van der Waals surface area contributed by atoms with Crippen molar-refractivity contribution in [1.29, 1.82) is 0 Å². The third kappa shape index (κ3) is 1.61. The molecular weight excluding hydrogens is 192 g/mol. The van der Waals surface area contributed by atoms with E-state index in [4.69, 9.17) is 10.8 Å². The van der Waals surface area contributed by atoms with Crippen molar-refractivity contribution >= 4 is 5.97 Å². The first-order valence-electron chi connectivity index (χ1n) is 4.77. The largest absolute Gasteiger partial charge is 0.481 e. The Morgan fingerprint density at radius 2 is 2.00 bits per heavy atom. The molecule has 5 heteroatoms. The van der Waals surface area contributed by atoms with Gasteiger partial charge in [0.15, 0.2) is 0 Å². The topological polar surface area (TPSA) is 63.3 Å². The molecule has 0 bridgehead atoms. The second-order valence-electron chi connectivity index (χ2n) is 3.83. The molecule has 3 nitrogen and oxygen atoms in total. The smallest absolute Gasteiger partial charge is 0.317 e. The van der Waals surface area contributed by atoms with Crippen molar-refractivity contribution in [3.05, 3.63) is 0 Å². The summed E-state index contributed by atoms with van der Waals surface area (Å²) >= 11 is 0. The lowest BCUT2D eigenvalue weighted by Crippen LogP contribution is -2.49. The lowest BCUT2D eigenvalue weighted by molar-refractivity contribution is -0.164. The fourth-order valence-corrected chi connectivity index (χ4v) is 2.23. The van der Waals surface area contributed by atoms with E-state index in [0.29, 0.717) is 12.8 Å². The van der Waals surface area contributed by atoms with Gasteiger partial charge in [0.2, 0.25) is 0 Å². The molecule has 1 saturated carbocycles. The highest BCUT2D eigenvalue weighted by molar-refractivity contribution is 5.76. The minimum absolute atomic E-state index is 0.468. The zero-order valence-corrected chi connectivity index (χ0v) is 7.88. The van der Waals surface area contributed by atoms with Crippen LogP contribution in [0.1, 0.15) is 25.7 Å². The zero-order chi connectivity index (χ0) is 10.8. The quantitative estimate of drug-likeness (QED) is 0.733. The number of halogens is 2. The molecule has 1 rings (SSSR count). The SMILES string of the molecule is NCC(C(=O)O)(C(F)F)C1CCCC1. The van der Waals surface area contributed by atoms with Gasteiger partial charge in [-0.25, -0.2) is 8.78 Å². The summed E-state index contributed by atoms with van der Waals surface area (Å²) in [6, 6.07) is 0. The van der Waals surface area contributed by atoms with Gasteiger partial charge in [0.25, 0.3) is 6.43 Å². The highest BCUT2D eigenvalue weighted by Crippen LogP contribution is 2.43. The van der Waals surface area contributed by atoms with Gasteiger partial charge in [0.1, 0.15) is 5.41 Å². The predicted molar refractivity (Wildman–Crippen MR) is 47.1 cm³/mol. The maximum Gasteiger partial charge on any atom is 0.317 e. The summed E-state index contributed by atoms with van der Waals surface area (Å²) in [5.41, 5.74) is 3.21. The molecule has 0 heterocycles. The van der Waals surface area contributed by atoms with Crippen LogP contribution in [0.3, 0.4) is 0 Å². The summed E-state index contributed by atoms with van der Waals surface area (Å²) in [5, 5.41) is 8.89. The van der Waals surface area contributed by atoms with E-state index in [0.717, 1.165) is 12.8 Å². The summed E-state index contributed by atoms with van der Waals surface area (Å²) in [6.07, 6.45) is -0.131. The van der Waals surface area contributed by atoms with Crippen LogP contribution in [-0.4, -0.2) is 24.0 Å². The fourth-order valence-electron chi connectivity index (χ4n) is 2.23. The first-order valence-corrected chi connectivity index (χ1v) is 4.77. The van der Waals surface area contributed by atoms with Crippen molar-refractivity contribution in [1.82, 2.24) is 0 Å². The fraction of sp³-hybridized carbons (Fsp3) is 0.889. The van der Waals surface area contributed by atoms with Crippen LogP contribution in [0.2, 0.25) is 0 Å². The Hall–Kier alpha value is -0.710. The van der Waals surface area contributed by atoms with Crippen LogP contribution in [0, 0.1) is 11.3 Å². The van der Waals surface area contributed by atoms with E-state index in [1.54, 1.807) is 0 Å². The van der Waals surface area contributed by atoms with Crippen molar-refractivity contribution in [2.75, 3.05) is 6.54 Å². The summed E-state index contributed by atoms with van der Waals surface area (Å²) < 4.78 is 25.6. The number of rotatable bonds is 4. The van der Waals surface area contributed by atoms with Gasteiger partial charge in [-0.15, -0.1) is 0 Å². The molecule has 0 radical (unpaired) electrons. The second-order valence-corrected chi connectivity index (χ2v) is 3.83. The summed E-state index contributed by atoms with van der Waals surface area (Å²) in [7, 11) is 0. The highest BCUT2D eigenvalue weighted by atomic mass is 19.3. The van der Waals surface area contributed by atoms with Gasteiger partial charge in [-0.2, -0.15) is 0 Å². The molecule has 0 aromatic heterocycles. The van der Waals surface area contributed by atoms with Crippen LogP contribution in [-0.2, 0) is 4.79 Å². The van der Waals surface area contributed by atoms with E-state index in [1.807, 2.05) is 0 Å². The van der Waals surface area contributed by atoms with Crippen LogP contribution in [0.15, 0.2) is 0 Å². The molecule has 1 fully saturated rings. The molecule has 0 aliphatic heterocycles. The Bertz CT molecular complexity index is 217. The molecule has 0 saturated heterocycles. The molecule has 0 spiro atoms. The number of carboxylic acids is 1. The van der Waals surface area contributed by atoms with Crippen molar-refractivity contribution in [3.63, 3.8) is 0 Å². The summed E-state index contributed by atoms with van der Waals surface area (Å²) in [5.74, 6) is -1.92. The van der Waals surface area contributed by atoms with Gasteiger partial charge in [-0.05, 0) is 18.8 Å². The summed E-state index contributed by atoms with van der Waals surface area (Å²) in [4.78, 5) is 10.9. The Morgan fingerprint density at radius 3 is 2.29 bits per heavy atom. The average molecular weight is 207 g/mol. The number of hydrogen-bond acceptors (Lipinski definition) is 2. The van der Waals surface area contributed by atoms with E-state index >= 15 is 0 Å². The monoisotopic (exact) mass is 207 g/mol. The molecule has 14 heavy (non-hydrogen) atoms. The second kappa shape index (κ2) is 4.21. The van der Waals surface area contributed by atoms with Crippen molar-refractivity contribution < 1.29 is 18.7 Å². The van der Waals surface area contributed by atoms with Crippen molar-refractivity contribution in [2.45, 2.75) is 32.1 Å².